The van der Waals surface area contributed by atoms with Crippen LogP contribution in [0.2, 0.25) is 0 Å². The molecular weight excluding hydrogens is 206 g/mol. The molecule has 2 atom stereocenters. The summed E-state index contributed by atoms with van der Waals surface area (Å²) in [7, 11) is 0. The first kappa shape index (κ1) is 11.6. The van der Waals surface area contributed by atoms with Crippen LogP contribution in [0.15, 0.2) is 18.2 Å². The summed E-state index contributed by atoms with van der Waals surface area (Å²) in [6.07, 6.45) is -1.48. The average molecular weight is 216 g/mol. The highest BCUT2D eigenvalue weighted by atomic mass is 19.1. The highest BCUT2D eigenvalue weighted by Gasteiger charge is 2.25. The Morgan fingerprint density at radius 2 is 2.00 bits per heavy atom. The summed E-state index contributed by atoms with van der Waals surface area (Å²) in [4.78, 5) is 10.5. The van der Waals surface area contributed by atoms with Crippen molar-refractivity contribution in [1.29, 1.82) is 0 Å². The number of halogens is 2. The molecular formula is C10H10F2O3. The third kappa shape index (κ3) is 2.50. The molecule has 0 fully saturated rings. The van der Waals surface area contributed by atoms with E-state index in [2.05, 4.69) is 0 Å². The Balaban J connectivity index is 3.01. The molecule has 0 saturated carbocycles. The van der Waals surface area contributed by atoms with E-state index in [-0.39, 0.29) is 5.56 Å². The molecule has 1 aromatic carbocycles. The van der Waals surface area contributed by atoms with Gasteiger partial charge in [0.2, 0.25) is 0 Å². The minimum absolute atomic E-state index is 0.216. The second-order valence-electron chi connectivity index (χ2n) is 3.24. The summed E-state index contributed by atoms with van der Waals surface area (Å²) in [5, 5.41) is 18.1. The summed E-state index contributed by atoms with van der Waals surface area (Å²) < 4.78 is 25.7. The molecule has 0 saturated heterocycles. The molecule has 0 radical (unpaired) electrons. The molecule has 82 valence electrons. The Morgan fingerprint density at radius 3 is 2.47 bits per heavy atom. The highest BCUT2D eigenvalue weighted by molar-refractivity contribution is 5.70. The highest BCUT2D eigenvalue weighted by Crippen LogP contribution is 2.24. The van der Waals surface area contributed by atoms with E-state index >= 15 is 0 Å². The molecule has 0 heterocycles. The number of benzene rings is 1. The van der Waals surface area contributed by atoms with Crippen molar-refractivity contribution in [2.75, 3.05) is 0 Å². The van der Waals surface area contributed by atoms with E-state index in [1.165, 1.54) is 6.92 Å². The van der Waals surface area contributed by atoms with Gasteiger partial charge in [-0.2, -0.15) is 0 Å². The minimum atomic E-state index is -1.48. The predicted octanol–water partition coefficient (Wildman–Crippen LogP) is 1.72. The molecule has 5 heteroatoms. The zero-order valence-electron chi connectivity index (χ0n) is 7.95. The van der Waals surface area contributed by atoms with Gasteiger partial charge in [-0.25, -0.2) is 8.78 Å². The normalized spacial score (nSPS) is 14.7. The summed E-state index contributed by atoms with van der Waals surface area (Å²) in [6, 6.07) is 2.61. The first-order valence-electron chi connectivity index (χ1n) is 4.29. The second-order valence-corrected chi connectivity index (χ2v) is 3.24. The molecule has 2 N–H and O–H groups in total. The fraction of sp³-hybridized carbons (Fsp3) is 0.300. The maximum Gasteiger partial charge on any atom is 0.309 e. The van der Waals surface area contributed by atoms with Crippen molar-refractivity contribution < 1.29 is 23.8 Å². The standard InChI is InChI=1S/C10H10F2O3/c1-5(10(14)15)9(13)7-3-2-6(11)4-8(7)12/h2-5,9,13H,1H3,(H,14,15). The maximum absolute atomic E-state index is 13.1. The molecule has 3 nitrogen and oxygen atoms in total. The number of carboxylic acid groups (broad SMARTS) is 1. The van der Waals surface area contributed by atoms with E-state index in [9.17, 15) is 18.7 Å². The van der Waals surface area contributed by atoms with Gasteiger partial charge in [-0.1, -0.05) is 6.07 Å². The van der Waals surface area contributed by atoms with E-state index in [0.717, 1.165) is 12.1 Å². The van der Waals surface area contributed by atoms with Crippen molar-refractivity contribution in [2.24, 2.45) is 5.92 Å². The van der Waals surface area contributed by atoms with Gasteiger partial charge in [0.05, 0.1) is 12.0 Å². The Bertz CT molecular complexity index is 379. The van der Waals surface area contributed by atoms with Crippen molar-refractivity contribution in [3.8, 4) is 0 Å². The van der Waals surface area contributed by atoms with Crippen LogP contribution >= 0.6 is 0 Å². The van der Waals surface area contributed by atoms with E-state index < -0.39 is 29.6 Å². The number of carbonyl (C=O) groups is 1. The third-order valence-electron chi connectivity index (χ3n) is 2.14. The maximum atomic E-state index is 13.1. The van der Waals surface area contributed by atoms with Crippen LogP contribution in [-0.2, 0) is 4.79 Å². The summed E-state index contributed by atoms with van der Waals surface area (Å²) in [5.74, 6) is -4.11. The molecule has 0 aliphatic rings. The number of carboxylic acids is 1. The van der Waals surface area contributed by atoms with Gasteiger partial charge in [0, 0.05) is 11.6 Å². The van der Waals surface area contributed by atoms with Crippen LogP contribution in [0.3, 0.4) is 0 Å². The molecule has 1 rings (SSSR count). The Morgan fingerprint density at radius 1 is 1.40 bits per heavy atom. The minimum Gasteiger partial charge on any atom is -0.481 e. The van der Waals surface area contributed by atoms with Crippen LogP contribution in [0.5, 0.6) is 0 Å². The second kappa shape index (κ2) is 4.35. The predicted molar refractivity (Wildman–Crippen MR) is 48.1 cm³/mol. The summed E-state index contributed by atoms with van der Waals surface area (Å²) in [6.45, 7) is 1.25. The topological polar surface area (TPSA) is 57.5 Å². The van der Waals surface area contributed by atoms with Crippen molar-refractivity contribution in [3.05, 3.63) is 35.4 Å². The zero-order valence-corrected chi connectivity index (χ0v) is 7.95. The van der Waals surface area contributed by atoms with Crippen molar-refractivity contribution in [2.45, 2.75) is 13.0 Å². The Labute approximate surface area is 85.0 Å². The van der Waals surface area contributed by atoms with Crippen LogP contribution in [-0.4, -0.2) is 16.2 Å². The number of aliphatic hydroxyl groups excluding tert-OH is 1. The molecule has 2 unspecified atom stereocenters. The fourth-order valence-corrected chi connectivity index (χ4v) is 1.15. The number of hydrogen-bond donors (Lipinski definition) is 2. The largest absolute Gasteiger partial charge is 0.481 e. The van der Waals surface area contributed by atoms with Crippen LogP contribution in [0, 0.1) is 17.6 Å². The molecule has 0 aromatic heterocycles. The van der Waals surface area contributed by atoms with Crippen molar-refractivity contribution >= 4 is 5.97 Å². The number of rotatable bonds is 3. The average Bonchev–Trinajstić information content (AvgIpc) is 2.15. The van der Waals surface area contributed by atoms with Gasteiger partial charge in [-0.15, -0.1) is 0 Å². The number of hydrogen-bond acceptors (Lipinski definition) is 2. The lowest BCUT2D eigenvalue weighted by Gasteiger charge is -2.15. The van der Waals surface area contributed by atoms with Crippen LogP contribution in [0.25, 0.3) is 0 Å². The van der Waals surface area contributed by atoms with E-state index in [4.69, 9.17) is 5.11 Å². The third-order valence-corrected chi connectivity index (χ3v) is 2.14. The number of aliphatic hydroxyl groups is 1. The number of aliphatic carboxylic acids is 1. The van der Waals surface area contributed by atoms with Gasteiger partial charge in [-0.05, 0) is 13.0 Å². The first-order chi connectivity index (χ1) is 6.93. The zero-order chi connectivity index (χ0) is 11.6. The Hall–Kier alpha value is -1.49. The van der Waals surface area contributed by atoms with Crippen LogP contribution < -0.4 is 0 Å². The quantitative estimate of drug-likeness (QED) is 0.808. The Kier molecular flexibility index (Phi) is 3.36. The van der Waals surface area contributed by atoms with E-state index in [1.54, 1.807) is 0 Å². The molecule has 0 spiro atoms. The van der Waals surface area contributed by atoms with Gasteiger partial charge in [0.25, 0.3) is 0 Å². The molecule has 0 amide bonds. The monoisotopic (exact) mass is 216 g/mol. The lowest BCUT2D eigenvalue weighted by atomic mass is 9.97. The van der Waals surface area contributed by atoms with Crippen LogP contribution in [0.4, 0.5) is 8.78 Å². The smallest absolute Gasteiger partial charge is 0.309 e. The van der Waals surface area contributed by atoms with Crippen molar-refractivity contribution in [3.63, 3.8) is 0 Å². The van der Waals surface area contributed by atoms with Gasteiger partial charge >= 0.3 is 5.97 Å². The molecule has 15 heavy (non-hydrogen) atoms. The van der Waals surface area contributed by atoms with Gasteiger partial charge in [-0.3, -0.25) is 4.79 Å². The first-order valence-corrected chi connectivity index (χ1v) is 4.29. The van der Waals surface area contributed by atoms with E-state index in [1.807, 2.05) is 0 Å². The molecule has 1 aromatic rings. The molecule has 0 aliphatic carbocycles. The summed E-state index contributed by atoms with van der Waals surface area (Å²) >= 11 is 0. The van der Waals surface area contributed by atoms with E-state index in [0.29, 0.717) is 6.07 Å². The van der Waals surface area contributed by atoms with Crippen LogP contribution in [0.1, 0.15) is 18.6 Å². The van der Waals surface area contributed by atoms with Gasteiger partial charge in [0.1, 0.15) is 11.6 Å². The SMILES string of the molecule is CC(C(=O)O)C(O)c1ccc(F)cc1F. The lowest BCUT2D eigenvalue weighted by molar-refractivity contribution is -0.145. The lowest BCUT2D eigenvalue weighted by Crippen LogP contribution is -2.19. The molecule has 0 bridgehead atoms. The van der Waals surface area contributed by atoms with Gasteiger partial charge < -0.3 is 10.2 Å². The fourth-order valence-electron chi connectivity index (χ4n) is 1.15. The van der Waals surface area contributed by atoms with Crippen molar-refractivity contribution in [1.82, 2.24) is 0 Å². The van der Waals surface area contributed by atoms with Gasteiger partial charge in [0.15, 0.2) is 0 Å². The molecule has 0 aliphatic heterocycles. The summed E-state index contributed by atoms with van der Waals surface area (Å²) in [5.41, 5.74) is -0.216.